The first-order chi connectivity index (χ1) is 16.8. The zero-order valence-electron chi connectivity index (χ0n) is 19.8. The highest BCUT2D eigenvalue weighted by Crippen LogP contribution is 2.46. The van der Waals surface area contributed by atoms with Crippen molar-refractivity contribution in [3.63, 3.8) is 0 Å². The van der Waals surface area contributed by atoms with E-state index in [0.29, 0.717) is 22.2 Å². The lowest BCUT2D eigenvalue weighted by Crippen LogP contribution is -2.20. The molecule has 0 bridgehead atoms. The third-order valence-corrected chi connectivity index (χ3v) is 9.48. The molecule has 3 saturated carbocycles. The Balaban J connectivity index is 1.44. The molecule has 3 aliphatic carbocycles. The van der Waals surface area contributed by atoms with Crippen LogP contribution in [0.5, 0.6) is 0 Å². The second-order valence-electron chi connectivity index (χ2n) is 10.1. The Morgan fingerprint density at radius 1 is 1.14 bits per heavy atom. The van der Waals surface area contributed by atoms with Crippen molar-refractivity contribution in [2.24, 2.45) is 5.92 Å². The fourth-order valence-electron chi connectivity index (χ4n) is 4.90. The van der Waals surface area contributed by atoms with Gasteiger partial charge < -0.3 is 15.5 Å². The number of anilines is 1. The number of sulfone groups is 1. The van der Waals surface area contributed by atoms with Crippen molar-refractivity contribution in [1.29, 1.82) is 0 Å². The van der Waals surface area contributed by atoms with E-state index in [-0.39, 0.29) is 30.2 Å². The first-order valence-corrected chi connectivity index (χ1v) is 14.1. The zero-order valence-corrected chi connectivity index (χ0v) is 20.6. The number of nitrogens with zero attached hydrogens (tertiary/aromatic N) is 2. The van der Waals surface area contributed by atoms with Crippen LogP contribution in [0.3, 0.4) is 0 Å². The van der Waals surface area contributed by atoms with Gasteiger partial charge in [-0.1, -0.05) is 25.0 Å². The summed E-state index contributed by atoms with van der Waals surface area (Å²) in [6, 6.07) is 7.05. The molecule has 0 radical (unpaired) electrons. The fourth-order valence-corrected chi connectivity index (χ4v) is 6.82. The molecule has 5 rings (SSSR count). The van der Waals surface area contributed by atoms with Gasteiger partial charge in [-0.3, -0.25) is 9.48 Å². The van der Waals surface area contributed by atoms with Gasteiger partial charge in [0.1, 0.15) is 0 Å². The highest BCUT2D eigenvalue weighted by Gasteiger charge is 2.40. The Bertz CT molecular complexity index is 1220. The van der Waals surface area contributed by atoms with E-state index >= 15 is 0 Å². The molecular weight excluding hydrogens is 466 g/mol. The van der Waals surface area contributed by atoms with E-state index in [2.05, 4.69) is 10.4 Å². The van der Waals surface area contributed by atoms with Crippen molar-refractivity contribution >= 4 is 27.1 Å². The summed E-state index contributed by atoms with van der Waals surface area (Å²) < 4.78 is 27.6. The van der Waals surface area contributed by atoms with Crippen LogP contribution in [0, 0.1) is 5.92 Å². The molecule has 0 saturated heterocycles. The normalized spacial score (nSPS) is 20.2. The lowest BCUT2D eigenvalue weighted by atomic mass is 9.96. The van der Waals surface area contributed by atoms with E-state index in [1.807, 2.05) is 12.1 Å². The summed E-state index contributed by atoms with van der Waals surface area (Å²) >= 11 is 0. The van der Waals surface area contributed by atoms with Crippen LogP contribution >= 0.6 is 0 Å². The standard InChI is InChI=1S/C26H33N3O5S/c30-16-20(31)15-29-12-11-25(28-29)27-26(32)23(13-17-3-1-2-4-17)19-7-10-24(22(14-19)18-5-6-18)35(33,34)21-8-9-21/h7,10-14,17-18,20-21,30-31H,1-6,8-9,15-16H2,(H,27,28,32)/b23-13+/t20-/m0/s1. The molecule has 3 aliphatic rings. The Kier molecular flexibility index (Phi) is 6.83. The molecule has 35 heavy (non-hydrogen) atoms. The number of carbonyl (C=O) groups excluding carboxylic acids is 1. The molecule has 0 unspecified atom stereocenters. The summed E-state index contributed by atoms with van der Waals surface area (Å²) in [4.78, 5) is 13.9. The molecule has 0 aliphatic heterocycles. The van der Waals surface area contributed by atoms with Crippen molar-refractivity contribution in [3.05, 3.63) is 47.7 Å². The molecule has 188 valence electrons. The molecule has 1 atom stereocenters. The number of hydrogen-bond acceptors (Lipinski definition) is 6. The van der Waals surface area contributed by atoms with Gasteiger partial charge in [-0.2, -0.15) is 5.10 Å². The third-order valence-electron chi connectivity index (χ3n) is 7.15. The molecule has 8 nitrogen and oxygen atoms in total. The SMILES string of the molecule is O=C(Nc1ccn(C[C@H](O)CO)n1)/C(=C/C1CCCC1)c1ccc(S(=O)(=O)C2CC2)c(C2CC2)c1. The number of amides is 1. The Labute approximate surface area is 206 Å². The number of hydrogen-bond donors (Lipinski definition) is 3. The van der Waals surface area contributed by atoms with E-state index in [1.54, 1.807) is 24.4 Å². The van der Waals surface area contributed by atoms with Crippen LogP contribution in [-0.4, -0.2) is 52.3 Å². The van der Waals surface area contributed by atoms with Gasteiger partial charge in [0.25, 0.3) is 5.91 Å². The molecule has 1 aromatic heterocycles. The van der Waals surface area contributed by atoms with Crippen LogP contribution in [0.15, 0.2) is 41.4 Å². The molecule has 1 heterocycles. The quantitative estimate of drug-likeness (QED) is 0.432. The van der Waals surface area contributed by atoms with Crippen LogP contribution in [0.25, 0.3) is 5.57 Å². The van der Waals surface area contributed by atoms with Crippen molar-refractivity contribution in [3.8, 4) is 0 Å². The summed E-state index contributed by atoms with van der Waals surface area (Å²) in [6.07, 6.45) is 10.5. The number of benzene rings is 1. The summed E-state index contributed by atoms with van der Waals surface area (Å²) in [5.41, 5.74) is 2.13. The summed E-state index contributed by atoms with van der Waals surface area (Å²) in [7, 11) is -3.32. The van der Waals surface area contributed by atoms with E-state index in [0.717, 1.165) is 62.5 Å². The van der Waals surface area contributed by atoms with Crippen LogP contribution < -0.4 is 5.32 Å². The summed E-state index contributed by atoms with van der Waals surface area (Å²) in [5, 5.41) is 25.6. The topological polar surface area (TPSA) is 122 Å². The highest BCUT2D eigenvalue weighted by molar-refractivity contribution is 7.92. The van der Waals surface area contributed by atoms with Gasteiger partial charge in [0.2, 0.25) is 0 Å². The highest BCUT2D eigenvalue weighted by atomic mass is 32.2. The smallest absolute Gasteiger partial charge is 0.257 e. The monoisotopic (exact) mass is 499 g/mol. The number of rotatable bonds is 10. The number of carbonyl (C=O) groups is 1. The Morgan fingerprint density at radius 3 is 2.54 bits per heavy atom. The Morgan fingerprint density at radius 2 is 1.89 bits per heavy atom. The number of aromatic nitrogens is 2. The summed E-state index contributed by atoms with van der Waals surface area (Å²) in [5.74, 6) is 0.618. The molecule has 9 heteroatoms. The van der Waals surface area contributed by atoms with Gasteiger partial charge in [0.15, 0.2) is 15.7 Å². The molecule has 3 N–H and O–H groups in total. The minimum Gasteiger partial charge on any atom is -0.394 e. The second-order valence-corrected chi connectivity index (χ2v) is 12.3. The zero-order chi connectivity index (χ0) is 24.6. The molecule has 2 aromatic rings. The maximum absolute atomic E-state index is 13.4. The van der Waals surface area contributed by atoms with E-state index < -0.39 is 15.9 Å². The van der Waals surface area contributed by atoms with Gasteiger partial charge in [-0.05, 0) is 73.6 Å². The molecular formula is C26H33N3O5S. The number of nitrogens with one attached hydrogen (secondary N) is 1. The minimum atomic E-state index is -3.32. The number of aliphatic hydroxyl groups excluding tert-OH is 2. The maximum Gasteiger partial charge on any atom is 0.257 e. The first kappa shape index (κ1) is 24.2. The third kappa shape index (κ3) is 5.52. The minimum absolute atomic E-state index is 0.124. The van der Waals surface area contributed by atoms with E-state index in [1.165, 1.54) is 4.68 Å². The lowest BCUT2D eigenvalue weighted by molar-refractivity contribution is -0.111. The fraction of sp³-hybridized carbons (Fsp3) is 0.538. The largest absolute Gasteiger partial charge is 0.394 e. The number of aliphatic hydroxyl groups is 2. The molecule has 0 spiro atoms. The van der Waals surface area contributed by atoms with E-state index in [9.17, 15) is 18.3 Å². The molecule has 1 amide bonds. The van der Waals surface area contributed by atoms with Crippen LogP contribution in [0.1, 0.15) is 68.4 Å². The predicted octanol–water partition coefficient (Wildman–Crippen LogP) is 3.26. The van der Waals surface area contributed by atoms with Crippen LogP contribution in [0.4, 0.5) is 5.82 Å². The van der Waals surface area contributed by atoms with Gasteiger partial charge in [0, 0.05) is 17.8 Å². The average Bonchev–Trinajstić information content (AvgIpc) is 3.77. The van der Waals surface area contributed by atoms with Crippen LogP contribution in [0.2, 0.25) is 0 Å². The number of allylic oxidation sites excluding steroid dienone is 1. The Hall–Kier alpha value is -2.49. The van der Waals surface area contributed by atoms with Crippen molar-refractivity contribution in [2.45, 2.75) is 80.1 Å². The van der Waals surface area contributed by atoms with Gasteiger partial charge in [-0.25, -0.2) is 8.42 Å². The maximum atomic E-state index is 13.4. The van der Waals surface area contributed by atoms with Crippen LogP contribution in [-0.2, 0) is 21.2 Å². The lowest BCUT2D eigenvalue weighted by Gasteiger charge is -2.15. The van der Waals surface area contributed by atoms with Gasteiger partial charge >= 0.3 is 0 Å². The first-order valence-electron chi connectivity index (χ1n) is 12.6. The van der Waals surface area contributed by atoms with Crippen molar-refractivity contribution in [2.75, 3.05) is 11.9 Å². The molecule has 3 fully saturated rings. The summed E-state index contributed by atoms with van der Waals surface area (Å²) in [6.45, 7) is -0.246. The van der Waals surface area contributed by atoms with Crippen molar-refractivity contribution in [1.82, 2.24) is 9.78 Å². The average molecular weight is 500 g/mol. The van der Waals surface area contributed by atoms with Crippen molar-refractivity contribution < 1.29 is 23.4 Å². The van der Waals surface area contributed by atoms with Gasteiger partial charge in [-0.15, -0.1) is 0 Å². The van der Waals surface area contributed by atoms with E-state index in [4.69, 9.17) is 5.11 Å². The van der Waals surface area contributed by atoms with Gasteiger partial charge in [0.05, 0.1) is 29.4 Å². The predicted molar refractivity (Wildman–Crippen MR) is 133 cm³/mol. The second kappa shape index (κ2) is 9.87. The molecule has 1 aromatic carbocycles.